The number of hydrogen-bond acceptors (Lipinski definition) is 3. The molecule has 2 aliphatic carbocycles. The summed E-state index contributed by atoms with van der Waals surface area (Å²) in [6, 6.07) is 0. The number of anilines is 1. The van der Waals surface area contributed by atoms with Crippen LogP contribution in [0.3, 0.4) is 0 Å². The number of aryl methyl sites for hydroxylation is 1. The van der Waals surface area contributed by atoms with Crippen LogP contribution >= 0.6 is 0 Å². The predicted molar refractivity (Wildman–Crippen MR) is 82.9 cm³/mol. The van der Waals surface area contributed by atoms with Crippen molar-refractivity contribution in [1.29, 1.82) is 0 Å². The van der Waals surface area contributed by atoms with Crippen molar-refractivity contribution in [1.82, 2.24) is 9.97 Å². The summed E-state index contributed by atoms with van der Waals surface area (Å²) in [5.41, 5.74) is 4.28. The maximum Gasteiger partial charge on any atom is 0.132 e. The smallest absolute Gasteiger partial charge is 0.132 e. The largest absolute Gasteiger partial charge is 0.369 e. The highest BCUT2D eigenvalue weighted by atomic mass is 15.0. The molecule has 3 nitrogen and oxygen atoms in total. The monoisotopic (exact) mass is 271 g/mol. The van der Waals surface area contributed by atoms with Crippen molar-refractivity contribution in [2.45, 2.75) is 64.2 Å². The van der Waals surface area contributed by atoms with Gasteiger partial charge in [-0.3, -0.25) is 0 Å². The zero-order chi connectivity index (χ0) is 13.6. The van der Waals surface area contributed by atoms with Crippen molar-refractivity contribution in [3.8, 4) is 0 Å². The molecule has 0 radical (unpaired) electrons. The van der Waals surface area contributed by atoms with Crippen LogP contribution in [0.25, 0.3) is 0 Å². The van der Waals surface area contributed by atoms with Crippen molar-refractivity contribution in [3.63, 3.8) is 0 Å². The second kappa shape index (κ2) is 6.87. The third-order valence-corrected chi connectivity index (χ3v) is 4.50. The number of aromatic nitrogens is 2. The summed E-state index contributed by atoms with van der Waals surface area (Å²) in [5, 5.41) is 3.56. The van der Waals surface area contributed by atoms with E-state index >= 15 is 0 Å². The normalized spacial score (nSPS) is 18.9. The van der Waals surface area contributed by atoms with Crippen LogP contribution in [0.5, 0.6) is 0 Å². The van der Waals surface area contributed by atoms with Crippen LogP contribution in [0.15, 0.2) is 18.0 Å². The summed E-state index contributed by atoms with van der Waals surface area (Å²) >= 11 is 0. The Kier molecular flexibility index (Phi) is 4.67. The fraction of sp³-hybridized carbons (Fsp3) is 0.647. The van der Waals surface area contributed by atoms with Crippen LogP contribution in [0.4, 0.5) is 5.82 Å². The highest BCUT2D eigenvalue weighted by Gasteiger charge is 2.14. The molecular weight excluding hydrogens is 246 g/mol. The topological polar surface area (TPSA) is 37.8 Å². The third-order valence-electron chi connectivity index (χ3n) is 4.50. The van der Waals surface area contributed by atoms with Gasteiger partial charge in [-0.2, -0.15) is 0 Å². The number of allylic oxidation sites excluding steroid dienone is 1. The third kappa shape index (κ3) is 3.38. The quantitative estimate of drug-likeness (QED) is 0.663. The second-order valence-corrected chi connectivity index (χ2v) is 5.99. The van der Waals surface area contributed by atoms with E-state index in [1.54, 1.807) is 11.9 Å². The van der Waals surface area contributed by atoms with E-state index in [2.05, 4.69) is 21.4 Å². The lowest BCUT2D eigenvalue weighted by Gasteiger charge is -2.15. The number of nitrogens with zero attached hydrogens (tertiary/aromatic N) is 2. The van der Waals surface area contributed by atoms with Gasteiger partial charge >= 0.3 is 0 Å². The minimum Gasteiger partial charge on any atom is -0.369 e. The van der Waals surface area contributed by atoms with E-state index in [-0.39, 0.29) is 0 Å². The lowest BCUT2D eigenvalue weighted by molar-refractivity contribution is 0.679. The van der Waals surface area contributed by atoms with Gasteiger partial charge in [0.25, 0.3) is 0 Å². The average molecular weight is 271 g/mol. The molecule has 1 N–H and O–H groups in total. The van der Waals surface area contributed by atoms with Gasteiger partial charge in [0, 0.05) is 17.8 Å². The first kappa shape index (κ1) is 13.6. The molecule has 0 atom stereocenters. The van der Waals surface area contributed by atoms with E-state index < -0.39 is 0 Å². The van der Waals surface area contributed by atoms with Gasteiger partial charge < -0.3 is 5.32 Å². The van der Waals surface area contributed by atoms with E-state index in [0.29, 0.717) is 0 Å². The molecular formula is C17H25N3. The lowest BCUT2D eigenvalue weighted by Crippen LogP contribution is -2.10. The molecule has 0 amide bonds. The number of rotatable bonds is 4. The Morgan fingerprint density at radius 2 is 1.85 bits per heavy atom. The summed E-state index contributed by atoms with van der Waals surface area (Å²) < 4.78 is 0. The zero-order valence-corrected chi connectivity index (χ0v) is 12.3. The molecule has 3 heteroatoms. The van der Waals surface area contributed by atoms with Crippen molar-refractivity contribution in [3.05, 3.63) is 29.2 Å². The molecule has 0 spiro atoms. The van der Waals surface area contributed by atoms with Crippen molar-refractivity contribution < 1.29 is 0 Å². The number of nitrogens with one attached hydrogen (secondary N) is 1. The highest BCUT2D eigenvalue weighted by molar-refractivity contribution is 5.46. The molecule has 0 saturated carbocycles. The molecule has 3 rings (SSSR count). The molecule has 1 aromatic rings. The zero-order valence-electron chi connectivity index (χ0n) is 12.3. The molecule has 0 unspecified atom stereocenters. The molecule has 2 aliphatic rings. The Hall–Kier alpha value is -1.38. The standard InChI is InChI=1S/C17H25N3/c1-3-7-14(8-4-1)11-12-18-17-15-9-5-2-6-10-16(15)19-13-20-17/h7,13H,1-6,8-12H2,(H,18,19,20). The molecule has 0 bridgehead atoms. The van der Waals surface area contributed by atoms with Crippen LogP contribution < -0.4 is 5.32 Å². The van der Waals surface area contributed by atoms with Gasteiger partial charge in [0.1, 0.15) is 12.1 Å². The number of hydrogen-bond donors (Lipinski definition) is 1. The van der Waals surface area contributed by atoms with Gasteiger partial charge in [0.05, 0.1) is 0 Å². The predicted octanol–water partition coefficient (Wildman–Crippen LogP) is 4.05. The van der Waals surface area contributed by atoms with Crippen LogP contribution in [0.2, 0.25) is 0 Å². The van der Waals surface area contributed by atoms with E-state index in [4.69, 9.17) is 0 Å². The Bertz CT molecular complexity index is 479. The summed E-state index contributed by atoms with van der Waals surface area (Å²) in [7, 11) is 0. The summed E-state index contributed by atoms with van der Waals surface area (Å²) in [6.45, 7) is 1.01. The Morgan fingerprint density at radius 3 is 2.75 bits per heavy atom. The molecule has 0 aromatic carbocycles. The Morgan fingerprint density at radius 1 is 0.950 bits per heavy atom. The molecule has 1 aromatic heterocycles. The summed E-state index contributed by atoms with van der Waals surface area (Å²) in [6.07, 6.45) is 16.8. The maximum absolute atomic E-state index is 4.48. The van der Waals surface area contributed by atoms with Gasteiger partial charge in [0.15, 0.2) is 0 Å². The van der Waals surface area contributed by atoms with Crippen LogP contribution in [-0.4, -0.2) is 16.5 Å². The average Bonchev–Trinajstić information content (AvgIpc) is 2.74. The molecule has 0 fully saturated rings. The molecule has 108 valence electrons. The van der Waals surface area contributed by atoms with E-state index in [1.165, 1.54) is 62.6 Å². The van der Waals surface area contributed by atoms with Gasteiger partial charge in [-0.1, -0.05) is 18.1 Å². The van der Waals surface area contributed by atoms with Crippen LogP contribution in [0.1, 0.15) is 62.6 Å². The van der Waals surface area contributed by atoms with E-state index in [0.717, 1.165) is 25.2 Å². The summed E-state index contributed by atoms with van der Waals surface area (Å²) in [4.78, 5) is 8.95. The van der Waals surface area contributed by atoms with Crippen molar-refractivity contribution in [2.24, 2.45) is 0 Å². The minimum absolute atomic E-state index is 1.01. The fourth-order valence-electron chi connectivity index (χ4n) is 3.32. The molecule has 1 heterocycles. The maximum atomic E-state index is 4.48. The van der Waals surface area contributed by atoms with Gasteiger partial charge in [-0.25, -0.2) is 9.97 Å². The van der Waals surface area contributed by atoms with Crippen molar-refractivity contribution >= 4 is 5.82 Å². The minimum atomic E-state index is 1.01. The molecule has 20 heavy (non-hydrogen) atoms. The van der Waals surface area contributed by atoms with E-state index in [9.17, 15) is 0 Å². The first-order chi connectivity index (χ1) is 9.93. The lowest BCUT2D eigenvalue weighted by atomic mass is 9.97. The Balaban J connectivity index is 1.61. The Labute approximate surface area is 121 Å². The van der Waals surface area contributed by atoms with Gasteiger partial charge in [0.2, 0.25) is 0 Å². The van der Waals surface area contributed by atoms with Crippen molar-refractivity contribution in [2.75, 3.05) is 11.9 Å². The SMILES string of the molecule is C1=C(CCNc2ncnc3c2CCCCC3)CCCC1. The van der Waals surface area contributed by atoms with Gasteiger partial charge in [-0.05, 0) is 57.8 Å². The first-order valence-electron chi connectivity index (χ1n) is 8.18. The second-order valence-electron chi connectivity index (χ2n) is 5.99. The molecule has 0 aliphatic heterocycles. The van der Waals surface area contributed by atoms with E-state index in [1.807, 2.05) is 0 Å². The van der Waals surface area contributed by atoms with Crippen LogP contribution in [0, 0.1) is 0 Å². The highest BCUT2D eigenvalue weighted by Crippen LogP contribution is 2.24. The number of fused-ring (bicyclic) bond motifs is 1. The first-order valence-corrected chi connectivity index (χ1v) is 8.18. The van der Waals surface area contributed by atoms with Gasteiger partial charge in [-0.15, -0.1) is 0 Å². The summed E-state index contributed by atoms with van der Waals surface area (Å²) in [5.74, 6) is 1.09. The fourth-order valence-corrected chi connectivity index (χ4v) is 3.32. The van der Waals surface area contributed by atoms with Crippen LogP contribution in [-0.2, 0) is 12.8 Å². The molecule has 0 saturated heterocycles.